The summed E-state index contributed by atoms with van der Waals surface area (Å²) in [6.45, 7) is 11.1. The van der Waals surface area contributed by atoms with Crippen molar-refractivity contribution in [1.82, 2.24) is 9.88 Å². The maximum absolute atomic E-state index is 13.6. The zero-order chi connectivity index (χ0) is 23.2. The predicted molar refractivity (Wildman–Crippen MR) is 132 cm³/mol. The summed E-state index contributed by atoms with van der Waals surface area (Å²) in [4.78, 5) is 22.5. The van der Waals surface area contributed by atoms with Crippen LogP contribution in [0.25, 0.3) is 10.2 Å². The predicted octanol–water partition coefficient (Wildman–Crippen LogP) is 4.46. The molecule has 1 fully saturated rings. The third kappa shape index (κ3) is 6.01. The van der Waals surface area contributed by atoms with Gasteiger partial charge in [0.1, 0.15) is 11.5 Å². The number of amides is 1. The van der Waals surface area contributed by atoms with Crippen molar-refractivity contribution in [3.8, 4) is 11.5 Å². The van der Waals surface area contributed by atoms with Gasteiger partial charge in [0.05, 0.1) is 36.1 Å². The minimum absolute atomic E-state index is 0.0663. The van der Waals surface area contributed by atoms with E-state index in [1.165, 1.54) is 11.3 Å². The van der Waals surface area contributed by atoms with Crippen LogP contribution in [0.3, 0.4) is 0 Å². The van der Waals surface area contributed by atoms with E-state index in [0.29, 0.717) is 23.8 Å². The molecule has 0 saturated carbocycles. The van der Waals surface area contributed by atoms with E-state index in [1.54, 1.807) is 4.90 Å². The van der Waals surface area contributed by atoms with Crippen LogP contribution in [0.2, 0.25) is 0 Å². The first-order valence-electron chi connectivity index (χ1n) is 11.5. The summed E-state index contributed by atoms with van der Waals surface area (Å²) < 4.78 is 17.8. The maximum atomic E-state index is 13.6. The van der Waals surface area contributed by atoms with Crippen LogP contribution in [0.15, 0.2) is 42.5 Å². The first kappa shape index (κ1) is 23.5. The smallest absolute Gasteiger partial charge is 0.260 e. The highest BCUT2D eigenvalue weighted by Crippen LogP contribution is 2.32. The van der Waals surface area contributed by atoms with Gasteiger partial charge < -0.3 is 14.2 Å². The third-order valence-corrected chi connectivity index (χ3v) is 6.39. The van der Waals surface area contributed by atoms with Crippen molar-refractivity contribution in [3.63, 3.8) is 0 Å². The number of benzene rings is 2. The minimum atomic E-state index is -0.0663. The second kappa shape index (κ2) is 11.0. The van der Waals surface area contributed by atoms with Gasteiger partial charge in [-0.2, -0.15) is 0 Å². The Morgan fingerprint density at radius 1 is 1.15 bits per heavy atom. The number of thiazole rings is 1. The van der Waals surface area contributed by atoms with Crippen LogP contribution < -0.4 is 14.4 Å². The van der Waals surface area contributed by atoms with Crippen molar-refractivity contribution < 1.29 is 19.0 Å². The Morgan fingerprint density at radius 3 is 2.58 bits per heavy atom. The molecule has 2 heterocycles. The van der Waals surface area contributed by atoms with E-state index < -0.39 is 0 Å². The van der Waals surface area contributed by atoms with Crippen LogP contribution >= 0.6 is 11.3 Å². The molecule has 0 bridgehead atoms. The van der Waals surface area contributed by atoms with Crippen LogP contribution in [-0.4, -0.2) is 67.9 Å². The second-order valence-electron chi connectivity index (χ2n) is 8.16. The normalized spacial score (nSPS) is 14.5. The standard InChI is InChI=1S/C25H31N3O4S/c1-4-31-21-9-10-22-23(17-21)33-25(26-22)28(12-11-27-13-15-30-16-14-27)24(29)19-5-7-20(8-6-19)32-18(2)3/h5-10,17-18H,4,11-16H2,1-3H3. The van der Waals surface area contributed by atoms with Crippen LogP contribution in [0.5, 0.6) is 11.5 Å². The van der Waals surface area contributed by atoms with Gasteiger partial charge in [-0.15, -0.1) is 0 Å². The van der Waals surface area contributed by atoms with Crippen LogP contribution in [0, 0.1) is 0 Å². The number of carbonyl (C=O) groups is 1. The molecule has 1 amide bonds. The molecule has 33 heavy (non-hydrogen) atoms. The molecule has 4 rings (SSSR count). The molecule has 0 atom stereocenters. The molecule has 0 N–H and O–H groups in total. The second-order valence-corrected chi connectivity index (χ2v) is 9.17. The molecular weight excluding hydrogens is 438 g/mol. The van der Waals surface area contributed by atoms with Gasteiger partial charge in [0, 0.05) is 31.7 Å². The van der Waals surface area contributed by atoms with Crippen molar-refractivity contribution >= 4 is 32.6 Å². The van der Waals surface area contributed by atoms with Crippen molar-refractivity contribution in [3.05, 3.63) is 48.0 Å². The lowest BCUT2D eigenvalue weighted by atomic mass is 10.2. The Balaban J connectivity index is 1.59. The molecule has 0 aliphatic carbocycles. The van der Waals surface area contributed by atoms with Crippen LogP contribution in [0.4, 0.5) is 5.13 Å². The molecule has 1 aliphatic heterocycles. The summed E-state index contributed by atoms with van der Waals surface area (Å²) in [6.07, 6.45) is 0.0842. The van der Waals surface area contributed by atoms with E-state index in [2.05, 4.69) is 4.90 Å². The molecule has 1 aliphatic rings. The molecule has 2 aromatic carbocycles. The Labute approximate surface area is 198 Å². The van der Waals surface area contributed by atoms with E-state index >= 15 is 0 Å². The molecule has 0 spiro atoms. The summed E-state index contributed by atoms with van der Waals surface area (Å²) in [5.74, 6) is 1.50. The molecule has 3 aromatic rings. The fraction of sp³-hybridized carbons (Fsp3) is 0.440. The number of aromatic nitrogens is 1. The first-order chi connectivity index (χ1) is 16.0. The lowest BCUT2D eigenvalue weighted by Crippen LogP contribution is -2.43. The van der Waals surface area contributed by atoms with Gasteiger partial charge in [-0.05, 0) is 63.2 Å². The number of nitrogens with zero attached hydrogens (tertiary/aromatic N) is 3. The molecule has 8 heteroatoms. The van der Waals surface area contributed by atoms with E-state index in [-0.39, 0.29) is 12.0 Å². The SMILES string of the molecule is CCOc1ccc2nc(N(CCN3CCOCC3)C(=O)c3ccc(OC(C)C)cc3)sc2c1. The van der Waals surface area contributed by atoms with E-state index in [9.17, 15) is 4.79 Å². The number of rotatable bonds is 9. The summed E-state index contributed by atoms with van der Waals surface area (Å²) in [6, 6.07) is 13.2. The number of morpholine rings is 1. The summed E-state index contributed by atoms with van der Waals surface area (Å²) >= 11 is 1.51. The summed E-state index contributed by atoms with van der Waals surface area (Å²) in [5.41, 5.74) is 1.48. The van der Waals surface area contributed by atoms with Gasteiger partial charge in [0.2, 0.25) is 0 Å². The number of ether oxygens (including phenoxy) is 3. The molecule has 0 radical (unpaired) electrons. The zero-order valence-electron chi connectivity index (χ0n) is 19.5. The van der Waals surface area contributed by atoms with Gasteiger partial charge in [0.25, 0.3) is 5.91 Å². The monoisotopic (exact) mass is 469 g/mol. The molecular formula is C25H31N3O4S. The number of hydrogen-bond acceptors (Lipinski definition) is 7. The molecule has 1 aromatic heterocycles. The highest BCUT2D eigenvalue weighted by Gasteiger charge is 2.23. The quantitative estimate of drug-likeness (QED) is 0.461. The van der Waals surface area contributed by atoms with E-state index in [4.69, 9.17) is 19.2 Å². The first-order valence-corrected chi connectivity index (χ1v) is 12.3. The molecule has 7 nitrogen and oxygen atoms in total. The average molecular weight is 470 g/mol. The summed E-state index contributed by atoms with van der Waals surface area (Å²) in [5, 5.41) is 0.694. The number of carbonyl (C=O) groups excluding carboxylic acids is 1. The zero-order valence-corrected chi connectivity index (χ0v) is 20.3. The molecule has 0 unspecified atom stereocenters. The lowest BCUT2D eigenvalue weighted by molar-refractivity contribution is 0.0391. The Hall–Kier alpha value is -2.68. The van der Waals surface area contributed by atoms with E-state index in [0.717, 1.165) is 54.6 Å². The largest absolute Gasteiger partial charge is 0.494 e. The highest BCUT2D eigenvalue weighted by atomic mass is 32.1. The average Bonchev–Trinajstić information content (AvgIpc) is 3.23. The van der Waals surface area contributed by atoms with Gasteiger partial charge in [0.15, 0.2) is 5.13 Å². The van der Waals surface area contributed by atoms with Gasteiger partial charge in [-0.3, -0.25) is 14.6 Å². The number of anilines is 1. The molecule has 1 saturated heterocycles. The minimum Gasteiger partial charge on any atom is -0.494 e. The Morgan fingerprint density at radius 2 is 1.88 bits per heavy atom. The maximum Gasteiger partial charge on any atom is 0.260 e. The van der Waals surface area contributed by atoms with Gasteiger partial charge >= 0.3 is 0 Å². The lowest BCUT2D eigenvalue weighted by Gasteiger charge is -2.29. The summed E-state index contributed by atoms with van der Waals surface area (Å²) in [7, 11) is 0. The van der Waals surface area contributed by atoms with Crippen LogP contribution in [-0.2, 0) is 4.74 Å². The highest BCUT2D eigenvalue weighted by molar-refractivity contribution is 7.22. The Kier molecular flexibility index (Phi) is 7.80. The van der Waals surface area contributed by atoms with E-state index in [1.807, 2.05) is 63.2 Å². The fourth-order valence-electron chi connectivity index (χ4n) is 3.72. The van der Waals surface area contributed by atoms with Gasteiger partial charge in [-0.25, -0.2) is 4.98 Å². The van der Waals surface area contributed by atoms with Crippen molar-refractivity contribution in [2.45, 2.75) is 26.9 Å². The van der Waals surface area contributed by atoms with Gasteiger partial charge in [-0.1, -0.05) is 11.3 Å². The van der Waals surface area contributed by atoms with Crippen LogP contribution in [0.1, 0.15) is 31.1 Å². The Bertz CT molecular complexity index is 1060. The topological polar surface area (TPSA) is 64.1 Å². The van der Waals surface area contributed by atoms with Crippen molar-refractivity contribution in [1.29, 1.82) is 0 Å². The molecule has 176 valence electrons. The number of hydrogen-bond donors (Lipinski definition) is 0. The number of fused-ring (bicyclic) bond motifs is 1. The fourth-order valence-corrected chi connectivity index (χ4v) is 4.74. The van der Waals surface area contributed by atoms with Crippen molar-refractivity contribution in [2.75, 3.05) is 50.9 Å². The van der Waals surface area contributed by atoms with Crippen molar-refractivity contribution in [2.24, 2.45) is 0 Å². The third-order valence-electron chi connectivity index (χ3n) is 5.35.